The van der Waals surface area contributed by atoms with Crippen LogP contribution in [0.15, 0.2) is 47.3 Å². The van der Waals surface area contributed by atoms with Gasteiger partial charge in [0.15, 0.2) is 5.82 Å². The van der Waals surface area contributed by atoms with E-state index in [2.05, 4.69) is 109 Å². The van der Waals surface area contributed by atoms with Gasteiger partial charge >= 0.3 is 0 Å². The van der Waals surface area contributed by atoms with E-state index in [-0.39, 0.29) is 17.1 Å². The normalized spacial score (nSPS) is 13.0. The molecule has 0 unspecified atom stereocenters. The lowest BCUT2D eigenvalue weighted by Crippen LogP contribution is -2.35. The molecule has 0 aliphatic carbocycles. The Morgan fingerprint density at radius 3 is 2.34 bits per heavy atom. The van der Waals surface area contributed by atoms with E-state index in [0.717, 1.165) is 39.8 Å². The summed E-state index contributed by atoms with van der Waals surface area (Å²) in [5.74, 6) is 0.816. The van der Waals surface area contributed by atoms with Gasteiger partial charge in [-0.05, 0) is 81.1 Å². The highest BCUT2D eigenvalue weighted by molar-refractivity contribution is 5.85. The molecule has 4 aromatic rings. The molecular formula is C28H36N6O. The summed E-state index contributed by atoms with van der Waals surface area (Å²) in [5, 5.41) is 13.8. The number of hydrogen-bond donors (Lipinski definition) is 1. The summed E-state index contributed by atoms with van der Waals surface area (Å²) in [6.45, 7) is 15.8. The highest BCUT2D eigenvalue weighted by Crippen LogP contribution is 2.29. The highest BCUT2D eigenvalue weighted by atomic mass is 16.1. The van der Waals surface area contributed by atoms with Gasteiger partial charge in [-0.2, -0.15) is 0 Å². The van der Waals surface area contributed by atoms with Crippen LogP contribution in [-0.2, 0) is 18.6 Å². The number of rotatable bonds is 7. The van der Waals surface area contributed by atoms with E-state index in [4.69, 9.17) is 0 Å². The molecule has 0 saturated heterocycles. The summed E-state index contributed by atoms with van der Waals surface area (Å²) in [4.78, 5) is 18.7. The van der Waals surface area contributed by atoms with Gasteiger partial charge in [0, 0.05) is 24.0 Å². The first-order chi connectivity index (χ1) is 16.6. The zero-order valence-electron chi connectivity index (χ0n) is 21.9. The zero-order chi connectivity index (χ0) is 25.3. The third kappa shape index (κ3) is 5.20. The Hall–Kier alpha value is -3.32. The van der Waals surface area contributed by atoms with Crippen molar-refractivity contribution >= 4 is 10.9 Å². The molecule has 1 N–H and O–H groups in total. The molecule has 0 fully saturated rings. The Kier molecular flexibility index (Phi) is 6.90. The van der Waals surface area contributed by atoms with E-state index in [1.54, 1.807) is 0 Å². The number of aromatic nitrogens is 5. The number of fused-ring (bicyclic) bond motifs is 1. The van der Waals surface area contributed by atoms with E-state index in [0.29, 0.717) is 13.1 Å². The second-order valence-corrected chi connectivity index (χ2v) is 10.5. The van der Waals surface area contributed by atoms with Crippen molar-refractivity contribution < 1.29 is 0 Å². The molecular weight excluding hydrogens is 436 g/mol. The third-order valence-electron chi connectivity index (χ3n) is 6.65. The number of aryl methyl sites for hydroxylation is 3. The van der Waals surface area contributed by atoms with Crippen molar-refractivity contribution in [1.82, 2.24) is 30.1 Å². The number of hydrogen-bond acceptors (Lipinski definition) is 5. The van der Waals surface area contributed by atoms with Crippen molar-refractivity contribution in [2.45, 2.75) is 79.6 Å². The minimum absolute atomic E-state index is 0.0506. The van der Waals surface area contributed by atoms with Crippen molar-refractivity contribution in [3.8, 4) is 0 Å². The minimum atomic E-state index is -0.253. The molecule has 0 radical (unpaired) electrons. The summed E-state index contributed by atoms with van der Waals surface area (Å²) >= 11 is 0. The molecule has 184 valence electrons. The number of aromatic amines is 1. The van der Waals surface area contributed by atoms with Crippen LogP contribution in [-0.4, -0.2) is 30.1 Å². The average Bonchev–Trinajstić information content (AvgIpc) is 3.29. The van der Waals surface area contributed by atoms with Gasteiger partial charge in [0.25, 0.3) is 5.56 Å². The molecule has 0 aliphatic rings. The van der Waals surface area contributed by atoms with Crippen LogP contribution in [0, 0.1) is 20.8 Å². The molecule has 2 heterocycles. The lowest BCUT2D eigenvalue weighted by Gasteiger charge is -2.32. The van der Waals surface area contributed by atoms with Crippen LogP contribution in [0.2, 0.25) is 0 Å². The van der Waals surface area contributed by atoms with Gasteiger partial charge in [0.1, 0.15) is 0 Å². The first kappa shape index (κ1) is 24.8. The van der Waals surface area contributed by atoms with Crippen LogP contribution in [0.4, 0.5) is 0 Å². The monoisotopic (exact) mass is 472 g/mol. The van der Waals surface area contributed by atoms with Gasteiger partial charge in [0.2, 0.25) is 0 Å². The first-order valence-electron chi connectivity index (χ1n) is 12.3. The third-order valence-corrected chi connectivity index (χ3v) is 6.65. The summed E-state index contributed by atoms with van der Waals surface area (Å²) in [6.07, 6.45) is 0.811. The molecule has 0 saturated carbocycles. The van der Waals surface area contributed by atoms with Crippen LogP contribution >= 0.6 is 0 Å². The molecule has 0 amide bonds. The van der Waals surface area contributed by atoms with Crippen molar-refractivity contribution in [3.63, 3.8) is 0 Å². The molecule has 0 aliphatic heterocycles. The van der Waals surface area contributed by atoms with Crippen molar-refractivity contribution in [3.05, 3.63) is 86.5 Å². The Morgan fingerprint density at radius 1 is 1.00 bits per heavy atom. The van der Waals surface area contributed by atoms with Crippen molar-refractivity contribution in [2.75, 3.05) is 0 Å². The maximum absolute atomic E-state index is 13.2. The van der Waals surface area contributed by atoms with Crippen molar-refractivity contribution in [1.29, 1.82) is 0 Å². The fourth-order valence-corrected chi connectivity index (χ4v) is 4.64. The first-order valence-corrected chi connectivity index (χ1v) is 12.3. The minimum Gasteiger partial charge on any atom is -0.321 e. The number of H-pyrrole nitrogens is 1. The smallest absolute Gasteiger partial charge is 0.252 e. The lowest BCUT2D eigenvalue weighted by atomic mass is 10.0. The summed E-state index contributed by atoms with van der Waals surface area (Å²) < 4.78 is 1.90. The predicted octanol–water partition coefficient (Wildman–Crippen LogP) is 5.35. The van der Waals surface area contributed by atoms with Gasteiger partial charge in [-0.3, -0.25) is 9.69 Å². The number of tetrazole rings is 1. The molecule has 0 bridgehead atoms. The molecule has 7 heteroatoms. The van der Waals surface area contributed by atoms with Crippen LogP contribution in [0.5, 0.6) is 0 Å². The van der Waals surface area contributed by atoms with E-state index in [1.165, 1.54) is 11.1 Å². The van der Waals surface area contributed by atoms with Gasteiger partial charge < -0.3 is 4.98 Å². The maximum atomic E-state index is 13.2. The van der Waals surface area contributed by atoms with E-state index >= 15 is 0 Å². The average molecular weight is 473 g/mol. The second kappa shape index (κ2) is 9.74. The molecule has 0 spiro atoms. The Morgan fingerprint density at radius 2 is 1.69 bits per heavy atom. The van der Waals surface area contributed by atoms with Gasteiger partial charge in [-0.15, -0.1) is 5.10 Å². The number of nitrogens with one attached hydrogen (secondary N) is 1. The SMILES string of the molecule is CC[C@H](c1nnnn1C(C)(C)C)N(Cc1ccc(C)cc1)Cc1cc2c(C)ccc(C)c2[nH]c1=O. The van der Waals surface area contributed by atoms with E-state index in [9.17, 15) is 4.79 Å². The summed E-state index contributed by atoms with van der Waals surface area (Å²) in [5.41, 5.74) is 5.98. The van der Waals surface area contributed by atoms with Crippen LogP contribution in [0.25, 0.3) is 10.9 Å². The Bertz CT molecular complexity index is 1380. The van der Waals surface area contributed by atoms with E-state index in [1.807, 2.05) is 11.6 Å². The second-order valence-electron chi connectivity index (χ2n) is 10.5. The van der Waals surface area contributed by atoms with E-state index < -0.39 is 0 Å². The maximum Gasteiger partial charge on any atom is 0.252 e. The summed E-state index contributed by atoms with van der Waals surface area (Å²) in [7, 11) is 0. The molecule has 2 aromatic heterocycles. The van der Waals surface area contributed by atoms with Gasteiger partial charge in [-0.25, -0.2) is 4.68 Å². The molecule has 1 atom stereocenters. The molecule has 4 rings (SSSR count). The quantitative estimate of drug-likeness (QED) is 0.392. The van der Waals surface area contributed by atoms with Crippen molar-refractivity contribution in [2.24, 2.45) is 0 Å². The largest absolute Gasteiger partial charge is 0.321 e. The topological polar surface area (TPSA) is 79.7 Å². The fraction of sp³-hybridized carbons (Fsp3) is 0.429. The predicted molar refractivity (Wildman–Crippen MR) is 140 cm³/mol. The van der Waals surface area contributed by atoms with Crippen LogP contribution in [0.1, 0.15) is 73.8 Å². The summed E-state index contributed by atoms with van der Waals surface area (Å²) in [6, 6.07) is 14.7. The van der Waals surface area contributed by atoms with Gasteiger partial charge in [-0.1, -0.05) is 48.9 Å². The lowest BCUT2D eigenvalue weighted by molar-refractivity contribution is 0.153. The highest BCUT2D eigenvalue weighted by Gasteiger charge is 2.29. The zero-order valence-corrected chi connectivity index (χ0v) is 21.9. The van der Waals surface area contributed by atoms with Gasteiger partial charge in [0.05, 0.1) is 17.1 Å². The van der Waals surface area contributed by atoms with Crippen LogP contribution < -0.4 is 5.56 Å². The Balaban J connectivity index is 1.80. The fourth-order valence-electron chi connectivity index (χ4n) is 4.64. The standard InChI is InChI=1S/C28H36N6O/c1-8-24(26-30-31-32-34(26)28(5,6)7)33(16-21-13-9-18(2)10-14-21)17-22-15-23-19(3)11-12-20(4)25(23)29-27(22)35/h9-15,24H,8,16-17H2,1-7H3,(H,29,35)/t24-/m1/s1. The number of benzene rings is 2. The number of nitrogens with zero attached hydrogens (tertiary/aromatic N) is 5. The molecule has 2 aromatic carbocycles. The van der Waals surface area contributed by atoms with Crippen LogP contribution in [0.3, 0.4) is 0 Å². The molecule has 35 heavy (non-hydrogen) atoms. The molecule has 7 nitrogen and oxygen atoms in total. The Labute approximate surface area is 207 Å². The number of pyridine rings is 1.